The molecule has 2 N–H and O–H groups in total. The third-order valence-electron chi connectivity index (χ3n) is 7.29. The molecule has 1 saturated carbocycles. The van der Waals surface area contributed by atoms with Crippen molar-refractivity contribution in [1.29, 1.82) is 0 Å². The Hall–Kier alpha value is -2.11. The molecule has 2 heterocycles. The molecular weight excluding hydrogens is 386 g/mol. The fourth-order valence-corrected chi connectivity index (χ4v) is 6.12. The van der Waals surface area contributed by atoms with Gasteiger partial charge in [0.15, 0.2) is 0 Å². The number of hydrogen-bond donors (Lipinski definition) is 1. The van der Waals surface area contributed by atoms with Crippen LogP contribution in [0.4, 0.5) is 0 Å². The van der Waals surface area contributed by atoms with Crippen LogP contribution >= 0.6 is 11.6 Å². The summed E-state index contributed by atoms with van der Waals surface area (Å²) >= 11 is 6.18. The average Bonchev–Trinajstić information content (AvgIpc) is 3.21. The molecule has 1 fully saturated rings. The molecule has 5 rings (SSSR count). The highest BCUT2D eigenvalue weighted by molar-refractivity contribution is 6.30. The highest BCUT2D eigenvalue weighted by atomic mass is 35.5. The maximum absolute atomic E-state index is 6.18. The maximum atomic E-state index is 6.18. The summed E-state index contributed by atoms with van der Waals surface area (Å²) in [7, 11) is 1.82. The lowest BCUT2D eigenvalue weighted by Gasteiger charge is -2.47. The molecule has 5 nitrogen and oxygen atoms in total. The van der Waals surface area contributed by atoms with E-state index in [-0.39, 0.29) is 5.41 Å². The molecule has 0 radical (unpaired) electrons. The van der Waals surface area contributed by atoms with Crippen molar-refractivity contribution in [2.45, 2.75) is 44.2 Å². The highest BCUT2D eigenvalue weighted by Crippen LogP contribution is 2.62. The van der Waals surface area contributed by atoms with Gasteiger partial charge in [0.25, 0.3) is 6.02 Å². The third kappa shape index (κ3) is 2.78. The molecule has 6 heteroatoms. The van der Waals surface area contributed by atoms with Crippen molar-refractivity contribution < 1.29 is 9.47 Å². The Morgan fingerprint density at radius 3 is 2.79 bits per heavy atom. The number of methoxy groups -OCH3 is 1. The Morgan fingerprint density at radius 1 is 1.24 bits per heavy atom. The van der Waals surface area contributed by atoms with E-state index in [1.54, 1.807) is 6.20 Å². The first-order valence-corrected chi connectivity index (χ1v) is 10.6. The van der Waals surface area contributed by atoms with Gasteiger partial charge in [0.05, 0.1) is 11.1 Å². The molecule has 0 amide bonds. The molecule has 0 saturated heterocycles. The molecule has 1 aromatic carbocycles. The predicted molar refractivity (Wildman–Crippen MR) is 114 cm³/mol. The van der Waals surface area contributed by atoms with Crippen LogP contribution < -0.4 is 5.73 Å². The first kappa shape index (κ1) is 18.9. The number of pyridine rings is 1. The molecule has 3 aliphatic rings. The minimum atomic E-state index is -0.429. The molecule has 2 aliphatic carbocycles. The van der Waals surface area contributed by atoms with Crippen molar-refractivity contribution in [3.05, 3.63) is 52.8 Å². The monoisotopic (exact) mass is 411 g/mol. The number of rotatable bonds is 2. The van der Waals surface area contributed by atoms with E-state index in [4.69, 9.17) is 31.8 Å². The SMILES string of the molecule is CO[C@@H]1CC[C@]2(Cc3ccc(-c4cncc(Cl)c4)cc3[C@@]23COC(N)=N3)C[C@H]1C. The van der Waals surface area contributed by atoms with Crippen LogP contribution in [-0.4, -0.2) is 30.8 Å². The van der Waals surface area contributed by atoms with E-state index in [0.717, 1.165) is 36.8 Å². The maximum Gasteiger partial charge on any atom is 0.283 e. The van der Waals surface area contributed by atoms with Gasteiger partial charge in [-0.05, 0) is 60.4 Å². The first-order valence-electron chi connectivity index (χ1n) is 10.2. The molecule has 1 aliphatic heterocycles. The lowest BCUT2D eigenvalue weighted by atomic mass is 9.59. The molecule has 152 valence electrons. The van der Waals surface area contributed by atoms with E-state index in [1.807, 2.05) is 19.4 Å². The van der Waals surface area contributed by atoms with Gasteiger partial charge in [-0.3, -0.25) is 4.98 Å². The van der Waals surface area contributed by atoms with E-state index in [9.17, 15) is 0 Å². The summed E-state index contributed by atoms with van der Waals surface area (Å²) in [5.74, 6) is 0.466. The van der Waals surface area contributed by atoms with Crippen LogP contribution in [0.25, 0.3) is 11.1 Å². The van der Waals surface area contributed by atoms with Gasteiger partial charge in [-0.25, -0.2) is 4.99 Å². The Bertz CT molecular complexity index is 994. The van der Waals surface area contributed by atoms with Crippen LogP contribution in [-0.2, 0) is 21.4 Å². The molecule has 2 aromatic rings. The van der Waals surface area contributed by atoms with Crippen molar-refractivity contribution in [2.24, 2.45) is 22.1 Å². The van der Waals surface area contributed by atoms with E-state index < -0.39 is 5.54 Å². The molecule has 0 bridgehead atoms. The van der Waals surface area contributed by atoms with Crippen LogP contribution in [0.2, 0.25) is 5.02 Å². The molecule has 0 unspecified atom stereocenters. The van der Waals surface area contributed by atoms with Crippen molar-refractivity contribution in [2.75, 3.05) is 13.7 Å². The number of benzene rings is 1. The second-order valence-electron chi connectivity index (χ2n) is 8.81. The summed E-state index contributed by atoms with van der Waals surface area (Å²) in [5.41, 5.74) is 10.3. The Balaban J connectivity index is 1.62. The van der Waals surface area contributed by atoms with Gasteiger partial charge in [-0.2, -0.15) is 0 Å². The third-order valence-corrected chi connectivity index (χ3v) is 7.49. The number of fused-ring (bicyclic) bond motifs is 3. The molecular formula is C23H26ClN3O2. The molecule has 4 atom stereocenters. The Morgan fingerprint density at radius 2 is 2.10 bits per heavy atom. The van der Waals surface area contributed by atoms with Crippen LogP contribution in [0.1, 0.15) is 37.3 Å². The minimum Gasteiger partial charge on any atom is -0.462 e. The van der Waals surface area contributed by atoms with Crippen molar-refractivity contribution in [1.82, 2.24) is 4.98 Å². The smallest absolute Gasteiger partial charge is 0.283 e. The summed E-state index contributed by atoms with van der Waals surface area (Å²) in [6.07, 6.45) is 7.94. The van der Waals surface area contributed by atoms with Gasteiger partial charge in [-0.15, -0.1) is 0 Å². The highest BCUT2D eigenvalue weighted by Gasteiger charge is 2.62. The lowest BCUT2D eigenvalue weighted by molar-refractivity contribution is -0.0445. The van der Waals surface area contributed by atoms with E-state index in [1.165, 1.54) is 11.1 Å². The lowest BCUT2D eigenvalue weighted by Crippen LogP contribution is -2.48. The summed E-state index contributed by atoms with van der Waals surface area (Å²) in [6, 6.07) is 8.89. The van der Waals surface area contributed by atoms with E-state index in [2.05, 4.69) is 30.1 Å². The summed E-state index contributed by atoms with van der Waals surface area (Å²) in [4.78, 5) is 9.21. The summed E-state index contributed by atoms with van der Waals surface area (Å²) in [6.45, 7) is 2.80. The minimum absolute atomic E-state index is 0.0100. The van der Waals surface area contributed by atoms with Crippen LogP contribution in [0.5, 0.6) is 0 Å². The molecule has 29 heavy (non-hydrogen) atoms. The number of aromatic nitrogens is 1. The van der Waals surface area contributed by atoms with Gasteiger partial charge < -0.3 is 15.2 Å². The molecule has 2 spiro atoms. The van der Waals surface area contributed by atoms with Crippen LogP contribution in [0.15, 0.2) is 41.7 Å². The zero-order valence-electron chi connectivity index (χ0n) is 16.8. The normalized spacial score (nSPS) is 33.0. The fourth-order valence-electron chi connectivity index (χ4n) is 5.94. The van der Waals surface area contributed by atoms with Gasteiger partial charge in [-0.1, -0.05) is 30.7 Å². The summed E-state index contributed by atoms with van der Waals surface area (Å²) < 4.78 is 11.5. The van der Waals surface area contributed by atoms with E-state index >= 15 is 0 Å². The van der Waals surface area contributed by atoms with Crippen molar-refractivity contribution in [3.63, 3.8) is 0 Å². The number of nitrogens with zero attached hydrogens (tertiary/aromatic N) is 2. The van der Waals surface area contributed by atoms with Gasteiger partial charge in [0.2, 0.25) is 0 Å². The number of nitrogens with two attached hydrogens (primary N) is 1. The Labute approximate surface area is 176 Å². The second-order valence-corrected chi connectivity index (χ2v) is 9.25. The van der Waals surface area contributed by atoms with E-state index in [0.29, 0.717) is 29.7 Å². The van der Waals surface area contributed by atoms with Gasteiger partial charge >= 0.3 is 0 Å². The van der Waals surface area contributed by atoms with Crippen molar-refractivity contribution >= 4 is 17.6 Å². The van der Waals surface area contributed by atoms with Gasteiger partial charge in [0, 0.05) is 30.5 Å². The standard InChI is InChI=1S/C23H26ClN3O2/c1-14-9-22(6-5-20(14)28-2)10-16-4-3-15(17-7-18(24)12-26-11-17)8-19(16)23(22)13-29-21(25)27-23/h3-4,7-8,11-12,14,20H,5-6,9-10,13H2,1-2H3,(H2,25,27)/t14-,20-,22-,23+/m1/s1. The number of hydrogen-bond acceptors (Lipinski definition) is 5. The number of amidine groups is 1. The quantitative estimate of drug-likeness (QED) is 0.798. The fraction of sp³-hybridized carbons (Fsp3) is 0.478. The average molecular weight is 412 g/mol. The molecule has 1 aromatic heterocycles. The topological polar surface area (TPSA) is 69.7 Å². The second kappa shape index (κ2) is 6.71. The van der Waals surface area contributed by atoms with Crippen LogP contribution in [0.3, 0.4) is 0 Å². The summed E-state index contributed by atoms with van der Waals surface area (Å²) in [5, 5.41) is 0.632. The van der Waals surface area contributed by atoms with Crippen molar-refractivity contribution in [3.8, 4) is 11.1 Å². The number of aliphatic imine (C=N–C) groups is 1. The zero-order valence-corrected chi connectivity index (χ0v) is 17.6. The van der Waals surface area contributed by atoms with Crippen LogP contribution in [0, 0.1) is 11.3 Å². The number of ether oxygens (including phenoxy) is 2. The largest absolute Gasteiger partial charge is 0.462 e. The van der Waals surface area contributed by atoms with Gasteiger partial charge in [0.1, 0.15) is 12.1 Å². The number of halogens is 1. The zero-order chi connectivity index (χ0) is 20.2. The first-order chi connectivity index (χ1) is 14.0. The Kier molecular flexibility index (Phi) is 4.37. The predicted octanol–water partition coefficient (Wildman–Crippen LogP) is 4.32.